The normalized spacial score (nSPS) is 13.9. The fraction of sp³-hybridized carbons (Fsp3) is 0.486. The number of nitrogens with two attached hydrogens (primary N) is 1. The van der Waals surface area contributed by atoms with Crippen molar-refractivity contribution in [1.29, 1.82) is 0 Å². The lowest BCUT2D eigenvalue weighted by atomic mass is 9.90. The topological polar surface area (TPSA) is 497 Å². The summed E-state index contributed by atoms with van der Waals surface area (Å²) < 4.78 is 19.3. The number of nitrogens with one attached hydrogen (secondary N) is 5. The highest BCUT2D eigenvalue weighted by atomic mass is 16.7. The summed E-state index contributed by atoms with van der Waals surface area (Å²) in [6.45, 7) is 15.4. The van der Waals surface area contributed by atoms with E-state index >= 15 is 0 Å². The first kappa shape index (κ1) is 119. The molecule has 8 rings (SSSR count). The number of cyclic esters (lactones) is 2. The van der Waals surface area contributed by atoms with Crippen LogP contribution in [0.25, 0.3) is 0 Å². The summed E-state index contributed by atoms with van der Waals surface area (Å²) in [5.74, 6) is -10.4. The van der Waals surface area contributed by atoms with Gasteiger partial charge in [-0.15, -0.1) is 5.06 Å². The van der Waals surface area contributed by atoms with Gasteiger partial charge in [0.05, 0.1) is 36.3 Å². The molecule has 0 aromatic heterocycles. The molecule has 0 spiro atoms. The van der Waals surface area contributed by atoms with Gasteiger partial charge < -0.3 is 61.2 Å². The van der Waals surface area contributed by atoms with Gasteiger partial charge in [-0.3, -0.25) is 91.1 Å². The minimum absolute atomic E-state index is 0.0195. The predicted octanol–water partition coefficient (Wildman–Crippen LogP) is 12.9. The van der Waals surface area contributed by atoms with E-state index in [1.54, 1.807) is 62.4 Å². The van der Waals surface area contributed by atoms with Crippen molar-refractivity contribution in [3.63, 3.8) is 0 Å². The molecule has 6 aromatic rings. The van der Waals surface area contributed by atoms with Crippen LogP contribution in [0.3, 0.4) is 0 Å². The van der Waals surface area contributed by atoms with E-state index in [2.05, 4.69) is 45.2 Å². The van der Waals surface area contributed by atoms with Crippen molar-refractivity contribution in [1.82, 2.24) is 31.6 Å². The van der Waals surface area contributed by atoms with Crippen molar-refractivity contribution >= 4 is 118 Å². The Balaban J connectivity index is 0.000000364. The second-order valence-electron chi connectivity index (χ2n) is 35.8. The number of benzene rings is 6. The number of hydroxylamine groups is 2. The zero-order valence-corrected chi connectivity index (χ0v) is 83.2. The second-order valence-corrected chi connectivity index (χ2v) is 35.8. The molecule has 33 heteroatoms. The van der Waals surface area contributed by atoms with Crippen LogP contribution in [-0.4, -0.2) is 164 Å². The quantitative estimate of drug-likeness (QED) is 0.00613. The third kappa shape index (κ3) is 48.9. The van der Waals surface area contributed by atoms with E-state index in [0.717, 1.165) is 108 Å². The zero-order valence-electron chi connectivity index (χ0n) is 83.2. The first-order valence-electron chi connectivity index (χ1n) is 49.0. The van der Waals surface area contributed by atoms with Gasteiger partial charge in [0.2, 0.25) is 29.5 Å². The standard InChI is InChI=1S/C39H49N3O10.C35H46N2O8.C30H40N2O5.C5H6O3/c1-4-5-7-13-32(34(45)23-29-16-18-30(19-17-29)25-51-27(3)43)41-39(50)31(22-28-11-8-6-9-12-28)24-33(44)26(2)40-35(46)14-10-15-38(49)52-42-36(47)20-21-37(42)48;1-4-5-7-13-30(32(40)21-27-16-18-28(19-17-27)23-45-25(3)38)37-35(44)29(20-26-11-8-6-9-12-26)22-31(39)24(2)36-33(41)14-10-15-34(42)43;1-4-5-7-12-27(29(35)18-24-13-15-25(16-14-24)20-37-22(3)33)32-30(36)26(19-28(34)21(2)31)17-23-10-8-6-9-11-23;6-4-2-1-3-5(7)8-4/h6,8-9,11-12,16-19,26,31-32H,4-5,7,10,13-15,20-25H2,1-3H3,(H,40,46)(H,41,50);6,8-9,11-12,16-19,24,29-30H,4-5,7,10,13-15,20-23H2,1-3H3,(H,36,41)(H,37,44)(H,42,43);6,8-11,13-16,21,26-27H,4-5,7,12,17-20,31H2,1-3H3,(H,32,36);1-3H2/t26-,31-,32+;24-,29-,30+;21-,26-,27+;/m111./s1. The largest absolute Gasteiger partial charge is 0.481 e. The van der Waals surface area contributed by atoms with E-state index < -0.39 is 101 Å². The van der Waals surface area contributed by atoms with Crippen LogP contribution < -0.4 is 32.3 Å². The van der Waals surface area contributed by atoms with Crippen LogP contribution >= 0.6 is 0 Å². The number of imide groups is 1. The predicted molar refractivity (Wildman–Crippen MR) is 526 cm³/mol. The van der Waals surface area contributed by atoms with Crippen LogP contribution in [0.5, 0.6) is 0 Å². The van der Waals surface area contributed by atoms with Crippen molar-refractivity contribution in [2.24, 2.45) is 23.5 Å². The molecule has 768 valence electrons. The molecule has 9 atom stereocenters. The summed E-state index contributed by atoms with van der Waals surface area (Å²) >= 11 is 0. The molecule has 2 saturated heterocycles. The molecule has 0 aliphatic carbocycles. The molecule has 142 heavy (non-hydrogen) atoms. The van der Waals surface area contributed by atoms with Gasteiger partial charge in [0, 0.05) is 128 Å². The summed E-state index contributed by atoms with van der Waals surface area (Å²) in [6.07, 6.45) is 11.5. The number of carbonyl (C=O) groups is 20. The number of rotatable bonds is 59. The fourth-order valence-electron chi connectivity index (χ4n) is 15.1. The monoisotopic (exact) mass is 1960 g/mol. The number of hydrogen-bond acceptors (Lipinski definition) is 26. The third-order valence-corrected chi connectivity index (χ3v) is 23.4. The first-order chi connectivity index (χ1) is 67.8. The number of ether oxygens (including phenoxy) is 4. The number of nitrogens with zero attached hydrogens (tertiary/aromatic N) is 1. The molecule has 33 nitrogen and oxygen atoms in total. The molecule has 0 radical (unpaired) electrons. The molecular weight excluding hydrogens is 1820 g/mol. The van der Waals surface area contributed by atoms with Gasteiger partial charge in [-0.2, -0.15) is 0 Å². The lowest BCUT2D eigenvalue weighted by Crippen LogP contribution is -2.46. The zero-order chi connectivity index (χ0) is 104. The molecule has 2 aliphatic heterocycles. The lowest BCUT2D eigenvalue weighted by Gasteiger charge is -2.23. The van der Waals surface area contributed by atoms with Crippen molar-refractivity contribution in [3.8, 4) is 0 Å². The van der Waals surface area contributed by atoms with E-state index in [0.29, 0.717) is 50.0 Å². The molecule has 8 N–H and O–H groups in total. The Labute approximate surface area is 831 Å². The number of ketones is 6. The van der Waals surface area contributed by atoms with E-state index in [1.165, 1.54) is 27.7 Å². The molecule has 0 bridgehead atoms. The lowest BCUT2D eigenvalue weighted by molar-refractivity contribution is -0.197. The summed E-state index contributed by atoms with van der Waals surface area (Å²) in [5.41, 5.74) is 13.2. The molecule has 0 saturated carbocycles. The molecule has 7 amide bonds. The fourth-order valence-corrected chi connectivity index (χ4v) is 15.1. The number of Topliss-reactive ketones (excluding diaryl/α,β-unsaturated/α-hetero) is 6. The maximum atomic E-state index is 13.8. The van der Waals surface area contributed by atoms with Crippen LogP contribution in [0, 0.1) is 17.8 Å². The molecular formula is C109H141N7O26. The molecule has 0 unspecified atom stereocenters. The van der Waals surface area contributed by atoms with Crippen LogP contribution in [-0.2, 0) is 178 Å². The summed E-state index contributed by atoms with van der Waals surface area (Å²) in [4.78, 5) is 250. The Morgan fingerprint density at radius 1 is 0.359 bits per heavy atom. The number of esters is 5. The van der Waals surface area contributed by atoms with Crippen molar-refractivity contribution in [3.05, 3.63) is 214 Å². The SMILES string of the molecule is CCCCC[C@H](NC(=O)[C@@H](CC(=O)[C@@H](C)N)Cc1ccccc1)C(=O)Cc1ccc(COC(C)=O)cc1.CCCCC[C@H](NC(=O)[C@@H](CC(=O)[C@@H](C)NC(=O)CCCC(=O)O)Cc1ccccc1)C(=O)Cc1ccc(COC(C)=O)cc1.CCCCC[C@H](NC(=O)[C@@H](CC(=O)[C@@H](C)NC(=O)CCCC(=O)ON1C(=O)CCC1=O)Cc1ccccc1)C(=O)Cc1ccc(COC(C)=O)cc1.O=C1CCCC(=O)O1. The number of carboxylic acids is 1. The number of carbonyl (C=O) groups excluding carboxylic acids is 19. The van der Waals surface area contributed by atoms with Gasteiger partial charge >= 0.3 is 41.8 Å². The molecule has 2 aliphatic rings. The highest BCUT2D eigenvalue weighted by Gasteiger charge is 2.36. The molecule has 2 fully saturated rings. The Kier molecular flexibility index (Phi) is 55.3. The Morgan fingerprint density at radius 3 is 0.930 bits per heavy atom. The summed E-state index contributed by atoms with van der Waals surface area (Å²) in [5, 5.41) is 23.3. The van der Waals surface area contributed by atoms with Gasteiger partial charge in [0.25, 0.3) is 11.8 Å². The number of aliphatic carboxylic acids is 1. The van der Waals surface area contributed by atoms with Gasteiger partial charge in [0.15, 0.2) is 28.9 Å². The smallest absolute Gasteiger partial charge is 0.333 e. The van der Waals surface area contributed by atoms with E-state index in [-0.39, 0.29) is 193 Å². The maximum absolute atomic E-state index is 13.8. The summed E-state index contributed by atoms with van der Waals surface area (Å²) in [6, 6.07) is 45.1. The van der Waals surface area contributed by atoms with E-state index in [9.17, 15) is 95.9 Å². The van der Waals surface area contributed by atoms with Gasteiger partial charge in [-0.25, -0.2) is 4.79 Å². The molecule has 6 aromatic carbocycles. The van der Waals surface area contributed by atoms with E-state index in [1.807, 2.05) is 122 Å². The highest BCUT2D eigenvalue weighted by molar-refractivity contribution is 6.02. The first-order valence-corrected chi connectivity index (χ1v) is 49.0. The highest BCUT2D eigenvalue weighted by Crippen LogP contribution is 2.24. The van der Waals surface area contributed by atoms with E-state index in [4.69, 9.17) is 29.9 Å². The van der Waals surface area contributed by atoms with Crippen LogP contribution in [0.1, 0.15) is 279 Å². The summed E-state index contributed by atoms with van der Waals surface area (Å²) in [7, 11) is 0. The van der Waals surface area contributed by atoms with Crippen LogP contribution in [0.4, 0.5) is 0 Å². The Hall–Kier alpha value is -13.7. The van der Waals surface area contributed by atoms with Crippen LogP contribution in [0.2, 0.25) is 0 Å². The minimum Gasteiger partial charge on any atom is -0.481 e. The number of unbranched alkanes of at least 4 members (excludes halogenated alkanes) is 6. The van der Waals surface area contributed by atoms with Crippen molar-refractivity contribution in [2.45, 2.75) is 324 Å². The maximum Gasteiger partial charge on any atom is 0.333 e. The second kappa shape index (κ2) is 66.1. The molecule has 2 heterocycles. The van der Waals surface area contributed by atoms with Crippen molar-refractivity contribution < 1.29 is 125 Å². The van der Waals surface area contributed by atoms with Gasteiger partial charge in [-0.05, 0) is 129 Å². The number of amides is 7. The van der Waals surface area contributed by atoms with Gasteiger partial charge in [-0.1, -0.05) is 242 Å². The number of hydrogen-bond donors (Lipinski definition) is 7. The third-order valence-electron chi connectivity index (χ3n) is 23.4. The minimum atomic E-state index is -0.998. The Morgan fingerprint density at radius 2 is 0.655 bits per heavy atom. The Bertz CT molecular complexity index is 5100. The average molecular weight is 1970 g/mol. The van der Waals surface area contributed by atoms with Gasteiger partial charge in [0.1, 0.15) is 25.6 Å². The number of carboxylic acid groups (broad SMARTS) is 1. The average Bonchev–Trinajstić information content (AvgIpc) is 1.74. The van der Waals surface area contributed by atoms with Crippen molar-refractivity contribution in [2.75, 3.05) is 0 Å². The van der Waals surface area contributed by atoms with Crippen LogP contribution in [0.15, 0.2) is 164 Å².